The summed E-state index contributed by atoms with van der Waals surface area (Å²) >= 11 is 0. The molecule has 0 amide bonds. The van der Waals surface area contributed by atoms with Crippen molar-refractivity contribution < 1.29 is 18.3 Å². The van der Waals surface area contributed by atoms with Gasteiger partial charge in [-0.2, -0.15) is 13.2 Å². The lowest BCUT2D eigenvalue weighted by atomic mass is 10.2. The number of aliphatic hydroxyl groups excluding tert-OH is 1. The average Bonchev–Trinajstić information content (AvgIpc) is 2.70. The standard InChI is InChI=1S/C13H14F3NO/c14-13(15,16)5-1-6-17-7-4-11-3-2-10(9-18)8-12(11)17/h2-4,7-8,18H,1,5-6,9H2. The van der Waals surface area contributed by atoms with E-state index in [0.29, 0.717) is 6.54 Å². The number of aliphatic hydroxyl groups is 1. The summed E-state index contributed by atoms with van der Waals surface area (Å²) in [6.07, 6.45) is -3.02. The molecule has 0 fully saturated rings. The van der Waals surface area contributed by atoms with Crippen molar-refractivity contribution in [2.75, 3.05) is 0 Å². The van der Waals surface area contributed by atoms with Crippen molar-refractivity contribution in [3.05, 3.63) is 36.0 Å². The highest BCUT2D eigenvalue weighted by atomic mass is 19.4. The molecule has 5 heteroatoms. The Kier molecular flexibility index (Phi) is 3.61. The van der Waals surface area contributed by atoms with Crippen molar-refractivity contribution in [1.82, 2.24) is 4.57 Å². The Morgan fingerprint density at radius 1 is 1.17 bits per heavy atom. The number of hydrogen-bond acceptors (Lipinski definition) is 1. The summed E-state index contributed by atoms with van der Waals surface area (Å²) in [6, 6.07) is 7.34. The van der Waals surface area contributed by atoms with Crippen LogP contribution >= 0.6 is 0 Å². The number of halogens is 3. The lowest BCUT2D eigenvalue weighted by Crippen LogP contribution is -2.08. The highest BCUT2D eigenvalue weighted by Gasteiger charge is 2.26. The van der Waals surface area contributed by atoms with E-state index in [1.165, 1.54) is 0 Å². The van der Waals surface area contributed by atoms with Crippen LogP contribution in [0, 0.1) is 0 Å². The smallest absolute Gasteiger partial charge is 0.389 e. The van der Waals surface area contributed by atoms with Gasteiger partial charge in [-0.1, -0.05) is 12.1 Å². The van der Waals surface area contributed by atoms with Gasteiger partial charge in [0.1, 0.15) is 0 Å². The lowest BCUT2D eigenvalue weighted by molar-refractivity contribution is -0.135. The number of benzene rings is 1. The van der Waals surface area contributed by atoms with Crippen molar-refractivity contribution in [3.63, 3.8) is 0 Å². The molecule has 0 saturated carbocycles. The second kappa shape index (κ2) is 5.02. The molecule has 1 aromatic carbocycles. The number of rotatable bonds is 4. The van der Waals surface area contributed by atoms with Crippen LogP contribution in [0.25, 0.3) is 10.9 Å². The van der Waals surface area contributed by atoms with Gasteiger partial charge >= 0.3 is 6.18 Å². The number of hydrogen-bond donors (Lipinski definition) is 1. The highest BCUT2D eigenvalue weighted by Crippen LogP contribution is 2.23. The van der Waals surface area contributed by atoms with E-state index in [-0.39, 0.29) is 13.0 Å². The van der Waals surface area contributed by atoms with Crippen LogP contribution in [-0.2, 0) is 13.2 Å². The molecular weight excluding hydrogens is 243 g/mol. The van der Waals surface area contributed by atoms with Crippen molar-refractivity contribution >= 4 is 10.9 Å². The summed E-state index contributed by atoms with van der Waals surface area (Å²) < 4.78 is 38.0. The number of aromatic nitrogens is 1. The summed E-state index contributed by atoms with van der Waals surface area (Å²) in [5, 5.41) is 10.0. The molecule has 0 spiro atoms. The third kappa shape index (κ3) is 3.04. The predicted octanol–water partition coefficient (Wildman–Crippen LogP) is 3.48. The molecule has 0 unspecified atom stereocenters. The molecule has 1 aromatic heterocycles. The van der Waals surface area contributed by atoms with Crippen LogP contribution in [0.1, 0.15) is 18.4 Å². The van der Waals surface area contributed by atoms with Gasteiger partial charge in [-0.3, -0.25) is 0 Å². The van der Waals surface area contributed by atoms with Gasteiger partial charge in [0.2, 0.25) is 0 Å². The first-order valence-corrected chi connectivity index (χ1v) is 5.75. The van der Waals surface area contributed by atoms with E-state index >= 15 is 0 Å². The molecule has 1 heterocycles. The number of nitrogens with zero attached hydrogens (tertiary/aromatic N) is 1. The summed E-state index contributed by atoms with van der Waals surface area (Å²) in [4.78, 5) is 0. The first-order valence-electron chi connectivity index (χ1n) is 5.75. The van der Waals surface area contributed by atoms with Gasteiger partial charge in [0, 0.05) is 24.7 Å². The summed E-state index contributed by atoms with van der Waals surface area (Å²) in [5.41, 5.74) is 1.63. The Morgan fingerprint density at radius 3 is 2.61 bits per heavy atom. The van der Waals surface area contributed by atoms with Crippen LogP contribution in [-0.4, -0.2) is 15.8 Å². The molecule has 18 heavy (non-hydrogen) atoms. The lowest BCUT2D eigenvalue weighted by Gasteiger charge is -2.08. The molecule has 0 bridgehead atoms. The third-order valence-electron chi connectivity index (χ3n) is 2.88. The van der Waals surface area contributed by atoms with E-state index in [0.717, 1.165) is 16.5 Å². The quantitative estimate of drug-likeness (QED) is 0.891. The van der Waals surface area contributed by atoms with Crippen molar-refractivity contribution in [2.24, 2.45) is 0 Å². The Morgan fingerprint density at radius 2 is 1.94 bits per heavy atom. The van der Waals surface area contributed by atoms with E-state index in [9.17, 15) is 13.2 Å². The predicted molar refractivity (Wildman–Crippen MR) is 63.1 cm³/mol. The molecule has 0 aliphatic rings. The van der Waals surface area contributed by atoms with Gasteiger partial charge in [-0.05, 0) is 29.5 Å². The number of aryl methyl sites for hydroxylation is 1. The maximum Gasteiger partial charge on any atom is 0.389 e. The monoisotopic (exact) mass is 257 g/mol. The van der Waals surface area contributed by atoms with Crippen molar-refractivity contribution in [1.29, 1.82) is 0 Å². The van der Waals surface area contributed by atoms with Crippen LogP contribution in [0.3, 0.4) is 0 Å². The average molecular weight is 257 g/mol. The van der Waals surface area contributed by atoms with Crippen LogP contribution in [0.15, 0.2) is 30.5 Å². The van der Waals surface area contributed by atoms with Gasteiger partial charge in [-0.15, -0.1) is 0 Å². The topological polar surface area (TPSA) is 25.2 Å². The van der Waals surface area contributed by atoms with Gasteiger partial charge < -0.3 is 9.67 Å². The minimum absolute atomic E-state index is 0.0658. The third-order valence-corrected chi connectivity index (χ3v) is 2.88. The first kappa shape index (κ1) is 13.0. The number of alkyl halides is 3. The maximum atomic E-state index is 12.1. The van der Waals surface area contributed by atoms with Crippen LogP contribution in [0.5, 0.6) is 0 Å². The number of fused-ring (bicyclic) bond motifs is 1. The fraction of sp³-hybridized carbons (Fsp3) is 0.385. The minimum atomic E-state index is -4.10. The summed E-state index contributed by atoms with van der Waals surface area (Å²) in [6.45, 7) is 0.265. The molecule has 0 aliphatic carbocycles. The zero-order valence-corrected chi connectivity index (χ0v) is 9.74. The fourth-order valence-electron chi connectivity index (χ4n) is 1.97. The Labute approximate surface area is 103 Å². The maximum absolute atomic E-state index is 12.1. The van der Waals surface area contributed by atoms with Gasteiger partial charge in [0.25, 0.3) is 0 Å². The Bertz CT molecular complexity index is 531. The van der Waals surface area contributed by atoms with Gasteiger partial charge in [0.15, 0.2) is 0 Å². The summed E-state index contributed by atoms with van der Waals surface area (Å²) in [7, 11) is 0. The second-order valence-corrected chi connectivity index (χ2v) is 4.28. The summed E-state index contributed by atoms with van der Waals surface area (Å²) in [5.74, 6) is 0. The molecule has 0 aliphatic heterocycles. The molecule has 2 rings (SSSR count). The van der Waals surface area contributed by atoms with E-state index in [1.54, 1.807) is 10.8 Å². The molecule has 0 radical (unpaired) electrons. The van der Waals surface area contributed by atoms with Crippen molar-refractivity contribution in [2.45, 2.75) is 32.2 Å². The molecule has 0 atom stereocenters. The highest BCUT2D eigenvalue weighted by molar-refractivity contribution is 5.80. The van der Waals surface area contributed by atoms with Gasteiger partial charge in [-0.25, -0.2) is 0 Å². The van der Waals surface area contributed by atoms with E-state index in [4.69, 9.17) is 5.11 Å². The zero-order valence-electron chi connectivity index (χ0n) is 9.74. The zero-order chi connectivity index (χ0) is 13.2. The molecular formula is C13H14F3NO. The molecule has 2 aromatic rings. The van der Waals surface area contributed by atoms with Crippen LogP contribution < -0.4 is 0 Å². The van der Waals surface area contributed by atoms with E-state index in [2.05, 4.69) is 0 Å². The molecule has 0 saturated heterocycles. The Balaban J connectivity index is 2.13. The Hall–Kier alpha value is -1.49. The normalized spacial score (nSPS) is 12.2. The molecule has 98 valence electrons. The fourth-order valence-corrected chi connectivity index (χ4v) is 1.97. The minimum Gasteiger partial charge on any atom is -0.392 e. The largest absolute Gasteiger partial charge is 0.392 e. The molecule has 2 nitrogen and oxygen atoms in total. The SMILES string of the molecule is OCc1ccc2ccn(CCCC(F)(F)F)c2c1. The molecule has 1 N–H and O–H groups in total. The second-order valence-electron chi connectivity index (χ2n) is 4.28. The first-order chi connectivity index (χ1) is 8.49. The van der Waals surface area contributed by atoms with E-state index in [1.807, 2.05) is 24.3 Å². The van der Waals surface area contributed by atoms with Crippen LogP contribution in [0.4, 0.5) is 13.2 Å². The van der Waals surface area contributed by atoms with E-state index < -0.39 is 12.6 Å². The van der Waals surface area contributed by atoms with Gasteiger partial charge in [0.05, 0.1) is 6.61 Å². The van der Waals surface area contributed by atoms with Crippen molar-refractivity contribution in [3.8, 4) is 0 Å². The van der Waals surface area contributed by atoms with Crippen LogP contribution in [0.2, 0.25) is 0 Å².